The van der Waals surface area contributed by atoms with E-state index in [1.807, 2.05) is 6.26 Å². The zero-order valence-corrected chi connectivity index (χ0v) is 13.7. The summed E-state index contributed by atoms with van der Waals surface area (Å²) >= 11 is 1.40. The Morgan fingerprint density at radius 3 is 2.67 bits per heavy atom. The van der Waals surface area contributed by atoms with E-state index in [0.717, 1.165) is 4.90 Å². The fourth-order valence-electron chi connectivity index (χ4n) is 1.81. The van der Waals surface area contributed by atoms with E-state index in [1.54, 1.807) is 36.4 Å². The van der Waals surface area contributed by atoms with Crippen LogP contribution < -0.4 is 10.6 Å². The number of nitrogens with one attached hydrogen (secondary N) is 2. The number of imide groups is 1. The first-order valence-corrected chi connectivity index (χ1v) is 8.23. The third kappa shape index (κ3) is 5.17. The lowest BCUT2D eigenvalue weighted by molar-refractivity contribution is -0.123. The summed E-state index contributed by atoms with van der Waals surface area (Å²) in [5.41, 5.74) is 0.375. The highest BCUT2D eigenvalue weighted by molar-refractivity contribution is 7.98. The van der Waals surface area contributed by atoms with Gasteiger partial charge in [-0.1, -0.05) is 12.1 Å². The molecule has 0 fully saturated rings. The Kier molecular flexibility index (Phi) is 6.44. The van der Waals surface area contributed by atoms with Crippen molar-refractivity contribution in [1.82, 2.24) is 10.6 Å². The molecule has 126 valence electrons. The van der Waals surface area contributed by atoms with Crippen molar-refractivity contribution in [3.05, 3.63) is 54.0 Å². The van der Waals surface area contributed by atoms with Crippen LogP contribution in [0.1, 0.15) is 16.1 Å². The maximum absolute atomic E-state index is 12.0. The topological polar surface area (TPSA) is 97.6 Å². The molecule has 0 bridgehead atoms. The lowest BCUT2D eigenvalue weighted by Crippen LogP contribution is -2.41. The molecule has 24 heavy (non-hydrogen) atoms. The molecule has 0 unspecified atom stereocenters. The van der Waals surface area contributed by atoms with Crippen LogP contribution in [-0.4, -0.2) is 30.8 Å². The van der Waals surface area contributed by atoms with E-state index in [2.05, 4.69) is 10.6 Å². The normalized spacial score (nSPS) is 10.0. The van der Waals surface area contributed by atoms with Crippen LogP contribution >= 0.6 is 11.8 Å². The van der Waals surface area contributed by atoms with Gasteiger partial charge in [-0.3, -0.25) is 10.1 Å². The van der Waals surface area contributed by atoms with Crippen LogP contribution in [0.4, 0.5) is 4.79 Å². The number of hydrogen-bond donors (Lipinski definition) is 2. The second kappa shape index (κ2) is 8.78. The molecular weight excluding hydrogens is 332 g/mol. The minimum Gasteiger partial charge on any atom is -0.467 e. The lowest BCUT2D eigenvalue weighted by Gasteiger charge is -2.08. The van der Waals surface area contributed by atoms with Gasteiger partial charge in [0.25, 0.3) is 5.91 Å². The zero-order valence-electron chi connectivity index (χ0n) is 12.9. The van der Waals surface area contributed by atoms with Crippen LogP contribution in [0.3, 0.4) is 0 Å². The van der Waals surface area contributed by atoms with Crippen molar-refractivity contribution in [2.75, 3.05) is 12.9 Å². The largest absolute Gasteiger partial charge is 0.467 e. The van der Waals surface area contributed by atoms with Crippen LogP contribution in [0.15, 0.2) is 52.0 Å². The molecule has 0 aliphatic heterocycles. The van der Waals surface area contributed by atoms with Crippen molar-refractivity contribution in [3.63, 3.8) is 0 Å². The van der Waals surface area contributed by atoms with Gasteiger partial charge in [0.2, 0.25) is 0 Å². The van der Waals surface area contributed by atoms with Gasteiger partial charge in [-0.05, 0) is 30.5 Å². The van der Waals surface area contributed by atoms with Gasteiger partial charge in [-0.25, -0.2) is 9.59 Å². The molecule has 0 saturated carbocycles. The number of benzene rings is 1. The van der Waals surface area contributed by atoms with Gasteiger partial charge in [-0.15, -0.1) is 11.8 Å². The number of amides is 3. The molecule has 0 radical (unpaired) electrons. The minimum absolute atomic E-state index is 0.146. The number of furan rings is 1. The number of rotatable bonds is 6. The molecule has 1 heterocycles. The van der Waals surface area contributed by atoms with E-state index < -0.39 is 24.5 Å². The average molecular weight is 348 g/mol. The number of carbonyl (C=O) groups excluding carboxylic acids is 3. The van der Waals surface area contributed by atoms with Crippen LogP contribution in [0.2, 0.25) is 0 Å². The predicted octanol–water partition coefficient (Wildman–Crippen LogP) is 2.18. The first kappa shape index (κ1) is 17.6. The van der Waals surface area contributed by atoms with E-state index in [0.29, 0.717) is 11.3 Å². The summed E-state index contributed by atoms with van der Waals surface area (Å²) in [5, 5.41) is 4.51. The molecule has 1 aromatic carbocycles. The second-order valence-electron chi connectivity index (χ2n) is 4.59. The van der Waals surface area contributed by atoms with Gasteiger partial charge in [0.05, 0.1) is 18.4 Å². The van der Waals surface area contributed by atoms with Gasteiger partial charge >= 0.3 is 12.0 Å². The zero-order chi connectivity index (χ0) is 17.4. The Balaban J connectivity index is 1.76. The molecule has 2 N–H and O–H groups in total. The first-order valence-electron chi connectivity index (χ1n) is 7.00. The van der Waals surface area contributed by atoms with Gasteiger partial charge in [0.15, 0.2) is 6.61 Å². The molecule has 2 aromatic rings. The Morgan fingerprint density at radius 1 is 1.17 bits per heavy atom. The summed E-state index contributed by atoms with van der Waals surface area (Å²) in [6, 6.07) is 9.58. The summed E-state index contributed by atoms with van der Waals surface area (Å²) in [6.07, 6.45) is 3.31. The smallest absolute Gasteiger partial charge is 0.339 e. The Morgan fingerprint density at radius 2 is 1.96 bits per heavy atom. The third-order valence-corrected chi connectivity index (χ3v) is 3.71. The fraction of sp³-hybridized carbons (Fsp3) is 0.188. The summed E-state index contributed by atoms with van der Waals surface area (Å²) in [7, 11) is 0. The SMILES string of the molecule is CSc1ccccc1C(=O)OCC(=O)NC(=O)NCc1ccco1. The highest BCUT2D eigenvalue weighted by Crippen LogP contribution is 2.20. The van der Waals surface area contributed by atoms with Crippen LogP contribution in [0.25, 0.3) is 0 Å². The van der Waals surface area contributed by atoms with Gasteiger partial charge in [-0.2, -0.15) is 0 Å². The van der Waals surface area contributed by atoms with Crippen LogP contribution in [0, 0.1) is 0 Å². The van der Waals surface area contributed by atoms with Crippen LogP contribution in [0.5, 0.6) is 0 Å². The van der Waals surface area contributed by atoms with Crippen molar-refractivity contribution < 1.29 is 23.5 Å². The predicted molar refractivity (Wildman–Crippen MR) is 87.6 cm³/mol. The van der Waals surface area contributed by atoms with E-state index >= 15 is 0 Å². The second-order valence-corrected chi connectivity index (χ2v) is 5.43. The van der Waals surface area contributed by atoms with Gasteiger partial charge < -0.3 is 14.5 Å². The number of ether oxygens (including phenoxy) is 1. The van der Waals surface area contributed by atoms with Crippen molar-refractivity contribution in [1.29, 1.82) is 0 Å². The lowest BCUT2D eigenvalue weighted by atomic mass is 10.2. The Bertz CT molecular complexity index is 715. The number of carbonyl (C=O) groups is 3. The van der Waals surface area contributed by atoms with Crippen LogP contribution in [-0.2, 0) is 16.1 Å². The Hall–Kier alpha value is -2.74. The number of esters is 1. The first-order chi connectivity index (χ1) is 11.6. The third-order valence-electron chi connectivity index (χ3n) is 2.92. The van der Waals surface area contributed by atoms with E-state index in [-0.39, 0.29) is 6.54 Å². The summed E-state index contributed by atoms with van der Waals surface area (Å²) in [5.74, 6) is -0.786. The monoisotopic (exact) mass is 348 g/mol. The molecule has 7 nitrogen and oxygen atoms in total. The maximum Gasteiger partial charge on any atom is 0.339 e. The quantitative estimate of drug-likeness (QED) is 0.613. The fourth-order valence-corrected chi connectivity index (χ4v) is 2.40. The van der Waals surface area contributed by atoms with Gasteiger partial charge in [0, 0.05) is 4.90 Å². The molecule has 2 rings (SSSR count). The number of thioether (sulfide) groups is 1. The highest BCUT2D eigenvalue weighted by atomic mass is 32.2. The molecule has 3 amide bonds. The molecule has 0 aliphatic rings. The van der Waals surface area contributed by atoms with Crippen molar-refractivity contribution in [2.45, 2.75) is 11.4 Å². The molecule has 8 heteroatoms. The van der Waals surface area contributed by atoms with Crippen molar-refractivity contribution in [2.24, 2.45) is 0 Å². The molecule has 0 aliphatic carbocycles. The maximum atomic E-state index is 12.0. The van der Waals surface area contributed by atoms with Crippen molar-refractivity contribution >= 4 is 29.7 Å². The summed E-state index contributed by atoms with van der Waals surface area (Å²) in [4.78, 5) is 35.9. The minimum atomic E-state index is -0.720. The van der Waals surface area contributed by atoms with E-state index in [9.17, 15) is 14.4 Å². The molecule has 0 spiro atoms. The number of urea groups is 1. The van der Waals surface area contributed by atoms with E-state index in [4.69, 9.17) is 9.15 Å². The molecular formula is C16H16N2O5S. The highest BCUT2D eigenvalue weighted by Gasteiger charge is 2.15. The number of hydrogen-bond acceptors (Lipinski definition) is 6. The molecule has 0 atom stereocenters. The molecule has 1 aromatic heterocycles. The average Bonchev–Trinajstić information content (AvgIpc) is 3.11. The Labute approximate surface area is 142 Å². The van der Waals surface area contributed by atoms with Crippen molar-refractivity contribution in [3.8, 4) is 0 Å². The summed E-state index contributed by atoms with van der Waals surface area (Å²) < 4.78 is 9.96. The van der Waals surface area contributed by atoms with E-state index in [1.165, 1.54) is 18.0 Å². The standard InChI is InChI=1S/C16H16N2O5S/c1-24-13-7-3-2-6-12(13)15(20)23-10-14(19)18-16(21)17-9-11-5-4-8-22-11/h2-8H,9-10H2,1H3,(H2,17,18,19,21). The molecule has 0 saturated heterocycles. The summed E-state index contributed by atoms with van der Waals surface area (Å²) in [6.45, 7) is -0.400. The van der Waals surface area contributed by atoms with Gasteiger partial charge in [0.1, 0.15) is 5.76 Å².